The van der Waals surface area contributed by atoms with Crippen LogP contribution in [0.2, 0.25) is 0 Å². The van der Waals surface area contributed by atoms with Crippen LogP contribution in [-0.4, -0.2) is 13.1 Å². The highest BCUT2D eigenvalue weighted by Crippen LogP contribution is 2.32. The summed E-state index contributed by atoms with van der Waals surface area (Å²) in [6.45, 7) is 6.86. The van der Waals surface area contributed by atoms with Gasteiger partial charge < -0.3 is 5.32 Å². The van der Waals surface area contributed by atoms with Crippen LogP contribution in [0, 0.1) is 12.8 Å². The summed E-state index contributed by atoms with van der Waals surface area (Å²) >= 11 is 0. The van der Waals surface area contributed by atoms with E-state index in [1.54, 1.807) is 5.56 Å². The Balaban J connectivity index is 2.20. The summed E-state index contributed by atoms with van der Waals surface area (Å²) in [5, 5.41) is 3.50. The first kappa shape index (κ1) is 10.7. The van der Waals surface area contributed by atoms with Gasteiger partial charge in [0, 0.05) is 0 Å². The molecule has 0 aliphatic carbocycles. The van der Waals surface area contributed by atoms with Gasteiger partial charge in [0.2, 0.25) is 0 Å². The molecule has 2 atom stereocenters. The molecule has 1 heteroatoms. The van der Waals surface area contributed by atoms with Gasteiger partial charge in [0.05, 0.1) is 0 Å². The lowest BCUT2D eigenvalue weighted by Gasteiger charge is -2.32. The molecule has 1 aromatic rings. The second-order valence-electron chi connectivity index (χ2n) is 4.68. The molecule has 2 rings (SSSR count). The maximum atomic E-state index is 3.50. The zero-order chi connectivity index (χ0) is 10.7. The van der Waals surface area contributed by atoms with Gasteiger partial charge in [-0.3, -0.25) is 0 Å². The molecule has 1 N–H and O–H groups in total. The van der Waals surface area contributed by atoms with Crippen molar-refractivity contribution in [1.82, 2.24) is 5.32 Å². The molecular weight excluding hydrogens is 182 g/mol. The Kier molecular flexibility index (Phi) is 3.42. The molecule has 1 saturated heterocycles. The highest BCUT2D eigenvalue weighted by Gasteiger charge is 2.24. The molecule has 1 aromatic carbocycles. The van der Waals surface area contributed by atoms with E-state index in [-0.39, 0.29) is 0 Å². The molecule has 82 valence electrons. The van der Waals surface area contributed by atoms with Gasteiger partial charge in [-0.1, -0.05) is 43.2 Å². The first-order chi connectivity index (χ1) is 7.31. The molecule has 1 aliphatic rings. The molecule has 0 radical (unpaired) electrons. The largest absolute Gasteiger partial charge is 0.316 e. The third-order valence-electron chi connectivity index (χ3n) is 3.60. The minimum atomic E-state index is 0.774. The zero-order valence-electron chi connectivity index (χ0n) is 9.79. The number of benzene rings is 1. The van der Waals surface area contributed by atoms with Crippen LogP contribution in [0.5, 0.6) is 0 Å². The minimum absolute atomic E-state index is 0.774. The highest BCUT2D eigenvalue weighted by atomic mass is 14.9. The first-order valence-electron chi connectivity index (χ1n) is 6.08. The van der Waals surface area contributed by atoms with Gasteiger partial charge in [-0.25, -0.2) is 0 Å². The van der Waals surface area contributed by atoms with Crippen LogP contribution < -0.4 is 5.32 Å². The summed E-state index contributed by atoms with van der Waals surface area (Å²) in [6, 6.07) is 9.04. The molecule has 0 spiro atoms. The number of hydrogen-bond acceptors (Lipinski definition) is 1. The molecule has 1 fully saturated rings. The van der Waals surface area contributed by atoms with Crippen molar-refractivity contribution in [3.05, 3.63) is 35.4 Å². The van der Waals surface area contributed by atoms with Gasteiger partial charge >= 0.3 is 0 Å². The Morgan fingerprint density at radius 1 is 1.40 bits per heavy atom. The van der Waals surface area contributed by atoms with Crippen LogP contribution >= 0.6 is 0 Å². The zero-order valence-corrected chi connectivity index (χ0v) is 9.79. The van der Waals surface area contributed by atoms with Crippen molar-refractivity contribution in [1.29, 1.82) is 0 Å². The molecule has 1 nitrogen and oxygen atoms in total. The smallest absolute Gasteiger partial charge is 0.00148 e. The van der Waals surface area contributed by atoms with Crippen molar-refractivity contribution in [3.63, 3.8) is 0 Å². The lowest BCUT2D eigenvalue weighted by atomic mass is 9.79. The number of aryl methyl sites for hydroxylation is 1. The molecule has 0 bridgehead atoms. The van der Waals surface area contributed by atoms with Crippen LogP contribution in [0.25, 0.3) is 0 Å². The molecule has 0 amide bonds. The van der Waals surface area contributed by atoms with Crippen LogP contribution in [0.4, 0.5) is 0 Å². The highest BCUT2D eigenvalue weighted by molar-refractivity contribution is 5.26. The number of nitrogens with one attached hydrogen (secondary N) is 1. The Labute approximate surface area is 92.9 Å². The number of rotatable bonds is 2. The van der Waals surface area contributed by atoms with Crippen molar-refractivity contribution < 1.29 is 0 Å². The first-order valence-corrected chi connectivity index (χ1v) is 6.08. The fraction of sp³-hybridized carbons (Fsp3) is 0.571. The van der Waals surface area contributed by atoms with Crippen molar-refractivity contribution in [2.75, 3.05) is 13.1 Å². The second-order valence-corrected chi connectivity index (χ2v) is 4.68. The van der Waals surface area contributed by atoms with Crippen molar-refractivity contribution in [2.24, 2.45) is 5.92 Å². The predicted molar refractivity (Wildman–Crippen MR) is 65.2 cm³/mol. The van der Waals surface area contributed by atoms with Gasteiger partial charge in [-0.05, 0) is 43.8 Å². The fourth-order valence-corrected chi connectivity index (χ4v) is 2.69. The quantitative estimate of drug-likeness (QED) is 0.779. The summed E-state index contributed by atoms with van der Waals surface area (Å²) in [7, 11) is 0. The molecule has 1 heterocycles. The van der Waals surface area contributed by atoms with Crippen LogP contribution in [0.3, 0.4) is 0 Å². The summed E-state index contributed by atoms with van der Waals surface area (Å²) in [5.74, 6) is 1.59. The molecule has 2 unspecified atom stereocenters. The van der Waals surface area contributed by atoms with Crippen LogP contribution in [0.1, 0.15) is 36.8 Å². The lowest BCUT2D eigenvalue weighted by molar-refractivity contribution is 0.318. The van der Waals surface area contributed by atoms with E-state index in [1.165, 1.54) is 31.5 Å². The molecule has 1 aliphatic heterocycles. The SMILES string of the molecule is CCC1CNCCC1c1cccc(C)c1. The maximum Gasteiger partial charge on any atom is -0.00148 e. The Bertz CT molecular complexity index is 319. The lowest BCUT2D eigenvalue weighted by Crippen LogP contribution is -2.35. The van der Waals surface area contributed by atoms with E-state index in [2.05, 4.69) is 43.4 Å². The van der Waals surface area contributed by atoms with E-state index < -0.39 is 0 Å². The maximum absolute atomic E-state index is 3.50. The van der Waals surface area contributed by atoms with E-state index in [9.17, 15) is 0 Å². The summed E-state index contributed by atoms with van der Waals surface area (Å²) in [6.07, 6.45) is 2.58. The molecule has 0 saturated carbocycles. The minimum Gasteiger partial charge on any atom is -0.316 e. The van der Waals surface area contributed by atoms with Crippen molar-refractivity contribution in [3.8, 4) is 0 Å². The van der Waals surface area contributed by atoms with Crippen LogP contribution in [0.15, 0.2) is 24.3 Å². The van der Waals surface area contributed by atoms with E-state index in [0.29, 0.717) is 0 Å². The van der Waals surface area contributed by atoms with Gasteiger partial charge in [-0.15, -0.1) is 0 Å². The summed E-state index contributed by atoms with van der Waals surface area (Å²) in [4.78, 5) is 0. The van der Waals surface area contributed by atoms with Gasteiger partial charge in [0.15, 0.2) is 0 Å². The van der Waals surface area contributed by atoms with Gasteiger partial charge in [0.1, 0.15) is 0 Å². The summed E-state index contributed by atoms with van der Waals surface area (Å²) in [5.41, 5.74) is 2.93. The van der Waals surface area contributed by atoms with E-state index >= 15 is 0 Å². The number of hydrogen-bond donors (Lipinski definition) is 1. The number of piperidine rings is 1. The van der Waals surface area contributed by atoms with Crippen molar-refractivity contribution in [2.45, 2.75) is 32.6 Å². The normalized spacial score (nSPS) is 26.5. The second kappa shape index (κ2) is 4.80. The molecule has 15 heavy (non-hydrogen) atoms. The van der Waals surface area contributed by atoms with E-state index in [4.69, 9.17) is 0 Å². The van der Waals surface area contributed by atoms with Crippen molar-refractivity contribution >= 4 is 0 Å². The Morgan fingerprint density at radius 2 is 2.27 bits per heavy atom. The monoisotopic (exact) mass is 203 g/mol. The Morgan fingerprint density at radius 3 is 3.00 bits per heavy atom. The topological polar surface area (TPSA) is 12.0 Å². The standard InChI is InChI=1S/C14H21N/c1-3-12-10-15-8-7-14(12)13-6-4-5-11(2)9-13/h4-6,9,12,14-15H,3,7-8,10H2,1-2H3. The van der Waals surface area contributed by atoms with Gasteiger partial charge in [0.25, 0.3) is 0 Å². The average molecular weight is 203 g/mol. The summed E-state index contributed by atoms with van der Waals surface area (Å²) < 4.78 is 0. The van der Waals surface area contributed by atoms with Gasteiger partial charge in [-0.2, -0.15) is 0 Å². The Hall–Kier alpha value is -0.820. The third kappa shape index (κ3) is 2.40. The molecular formula is C14H21N. The molecule has 0 aromatic heterocycles. The average Bonchev–Trinajstić information content (AvgIpc) is 2.29. The fourth-order valence-electron chi connectivity index (χ4n) is 2.69. The predicted octanol–water partition coefficient (Wildman–Crippen LogP) is 3.10. The van der Waals surface area contributed by atoms with E-state index in [0.717, 1.165) is 11.8 Å². The van der Waals surface area contributed by atoms with Crippen LogP contribution in [-0.2, 0) is 0 Å². The van der Waals surface area contributed by atoms with E-state index in [1.807, 2.05) is 0 Å². The third-order valence-corrected chi connectivity index (χ3v) is 3.60.